The van der Waals surface area contributed by atoms with Crippen molar-refractivity contribution in [2.75, 3.05) is 6.61 Å². The second kappa shape index (κ2) is 9.30. The molecule has 0 saturated carbocycles. The third-order valence-corrected chi connectivity index (χ3v) is 3.40. The summed E-state index contributed by atoms with van der Waals surface area (Å²) >= 11 is 0. The first-order valence-corrected chi connectivity index (χ1v) is 7.90. The summed E-state index contributed by atoms with van der Waals surface area (Å²) in [5, 5.41) is 2.35. The molecule has 0 aliphatic carbocycles. The van der Waals surface area contributed by atoms with Crippen LogP contribution in [0.1, 0.15) is 55.5 Å². The number of carbonyl (C=O) groups is 2. The zero-order valence-corrected chi connectivity index (χ0v) is 13.8. The van der Waals surface area contributed by atoms with Crippen molar-refractivity contribution in [3.05, 3.63) is 35.4 Å². The Hall–Kier alpha value is -2.05. The lowest BCUT2D eigenvalue weighted by Gasteiger charge is -2.14. The van der Waals surface area contributed by atoms with Crippen LogP contribution in [0, 0.1) is 0 Å². The van der Waals surface area contributed by atoms with E-state index in [9.17, 15) is 22.8 Å². The molecule has 1 N–H and O–H groups in total. The first kappa shape index (κ1) is 20.0. The molecule has 0 fully saturated rings. The predicted molar refractivity (Wildman–Crippen MR) is 83.5 cm³/mol. The maximum Gasteiger partial charge on any atom is 0.416 e. The molecule has 7 heteroatoms. The van der Waals surface area contributed by atoms with Crippen LogP contribution < -0.4 is 5.32 Å². The number of unbranched alkanes of at least 4 members (excludes halogenated alkanes) is 3. The van der Waals surface area contributed by atoms with Gasteiger partial charge in [-0.2, -0.15) is 13.2 Å². The van der Waals surface area contributed by atoms with Crippen molar-refractivity contribution < 1.29 is 27.5 Å². The fourth-order valence-electron chi connectivity index (χ4n) is 2.00. The number of amides is 1. The lowest BCUT2D eigenvalue weighted by atomic mass is 10.1. The van der Waals surface area contributed by atoms with Crippen molar-refractivity contribution in [2.45, 2.75) is 51.7 Å². The number of rotatable bonds is 8. The molecule has 134 valence electrons. The number of esters is 1. The summed E-state index contributed by atoms with van der Waals surface area (Å²) in [7, 11) is 0. The summed E-state index contributed by atoms with van der Waals surface area (Å²) in [6.45, 7) is 3.76. The van der Waals surface area contributed by atoms with Gasteiger partial charge >= 0.3 is 12.1 Å². The molecule has 0 bridgehead atoms. The van der Waals surface area contributed by atoms with Crippen LogP contribution in [0.3, 0.4) is 0 Å². The highest BCUT2D eigenvalue weighted by Gasteiger charge is 2.31. The fraction of sp³-hybridized carbons (Fsp3) is 0.529. The van der Waals surface area contributed by atoms with E-state index in [4.69, 9.17) is 4.74 Å². The fourth-order valence-corrected chi connectivity index (χ4v) is 2.00. The van der Waals surface area contributed by atoms with Crippen molar-refractivity contribution >= 4 is 11.9 Å². The summed E-state index contributed by atoms with van der Waals surface area (Å²) in [4.78, 5) is 23.7. The van der Waals surface area contributed by atoms with Crippen LogP contribution in [0.5, 0.6) is 0 Å². The third kappa shape index (κ3) is 6.60. The quantitative estimate of drug-likeness (QED) is 0.573. The van der Waals surface area contributed by atoms with E-state index in [1.165, 1.54) is 13.0 Å². The number of carbonyl (C=O) groups excluding carboxylic acids is 2. The number of hydrogen-bond acceptors (Lipinski definition) is 3. The van der Waals surface area contributed by atoms with Crippen molar-refractivity contribution in [2.24, 2.45) is 0 Å². The van der Waals surface area contributed by atoms with Crippen LogP contribution in [0.4, 0.5) is 13.2 Å². The molecule has 1 aromatic carbocycles. The molecule has 1 rings (SSSR count). The minimum Gasteiger partial charge on any atom is -0.464 e. The van der Waals surface area contributed by atoms with Gasteiger partial charge in [0.1, 0.15) is 6.04 Å². The molecule has 0 aliphatic heterocycles. The molecule has 1 amide bonds. The van der Waals surface area contributed by atoms with Gasteiger partial charge in [0.15, 0.2) is 0 Å². The van der Waals surface area contributed by atoms with Gasteiger partial charge in [0.05, 0.1) is 12.2 Å². The van der Waals surface area contributed by atoms with E-state index in [0.29, 0.717) is 0 Å². The Kier molecular flexibility index (Phi) is 7.74. The van der Waals surface area contributed by atoms with E-state index < -0.39 is 29.7 Å². The van der Waals surface area contributed by atoms with E-state index in [1.807, 2.05) is 0 Å². The highest BCUT2D eigenvalue weighted by Crippen LogP contribution is 2.29. The highest BCUT2D eigenvalue weighted by atomic mass is 19.4. The van der Waals surface area contributed by atoms with Crippen LogP contribution in [0.2, 0.25) is 0 Å². The molecular formula is C17H22F3NO3. The van der Waals surface area contributed by atoms with Gasteiger partial charge in [-0.15, -0.1) is 0 Å². The second-order valence-electron chi connectivity index (χ2n) is 5.50. The molecule has 1 aromatic rings. The number of alkyl halides is 3. The summed E-state index contributed by atoms with van der Waals surface area (Å²) < 4.78 is 43.0. The molecule has 4 nitrogen and oxygen atoms in total. The average molecular weight is 345 g/mol. The topological polar surface area (TPSA) is 55.4 Å². The van der Waals surface area contributed by atoms with Crippen LogP contribution in [0.25, 0.3) is 0 Å². The smallest absolute Gasteiger partial charge is 0.416 e. The average Bonchev–Trinajstić information content (AvgIpc) is 2.53. The summed E-state index contributed by atoms with van der Waals surface area (Å²) in [6, 6.07) is 3.10. The molecular weight excluding hydrogens is 323 g/mol. The number of nitrogens with one attached hydrogen (secondary N) is 1. The minimum atomic E-state index is -4.53. The molecule has 0 aliphatic rings. The number of hydrogen-bond donors (Lipinski definition) is 1. The maximum atomic E-state index is 12.6. The largest absolute Gasteiger partial charge is 0.464 e. The second-order valence-corrected chi connectivity index (χ2v) is 5.50. The molecule has 0 heterocycles. The van der Waals surface area contributed by atoms with Gasteiger partial charge in [0.2, 0.25) is 0 Å². The lowest BCUT2D eigenvalue weighted by Crippen LogP contribution is -2.39. The van der Waals surface area contributed by atoms with E-state index in [0.717, 1.165) is 43.9 Å². The first-order valence-electron chi connectivity index (χ1n) is 7.90. The summed E-state index contributed by atoms with van der Waals surface area (Å²) in [5.74, 6) is -1.36. The molecule has 0 spiro atoms. The first-order chi connectivity index (χ1) is 11.3. The van der Waals surface area contributed by atoms with Crippen molar-refractivity contribution in [1.82, 2.24) is 5.32 Å². The Balaban J connectivity index is 2.53. The van der Waals surface area contributed by atoms with Gasteiger partial charge in [-0.25, -0.2) is 4.79 Å². The monoisotopic (exact) mass is 345 g/mol. The number of ether oxygens (including phenoxy) is 1. The Morgan fingerprint density at radius 1 is 1.21 bits per heavy atom. The zero-order chi connectivity index (χ0) is 18.2. The number of halogens is 3. The van der Waals surface area contributed by atoms with E-state index in [-0.39, 0.29) is 12.2 Å². The van der Waals surface area contributed by atoms with Crippen LogP contribution in [-0.4, -0.2) is 24.5 Å². The van der Waals surface area contributed by atoms with Crippen LogP contribution >= 0.6 is 0 Å². The molecule has 0 radical (unpaired) electrons. The van der Waals surface area contributed by atoms with Gasteiger partial charge in [0, 0.05) is 5.56 Å². The van der Waals surface area contributed by atoms with Crippen molar-refractivity contribution in [3.8, 4) is 0 Å². The SMILES string of the molecule is CCCCCCOC(=O)[C@H](C)NC(=O)c1cccc(C(F)(F)F)c1. The van der Waals surface area contributed by atoms with Gasteiger partial charge in [-0.05, 0) is 31.5 Å². The van der Waals surface area contributed by atoms with Crippen LogP contribution in [0.15, 0.2) is 24.3 Å². The molecule has 0 saturated heterocycles. The highest BCUT2D eigenvalue weighted by molar-refractivity contribution is 5.96. The normalized spacial score (nSPS) is 12.5. The maximum absolute atomic E-state index is 12.6. The zero-order valence-electron chi connectivity index (χ0n) is 13.8. The van der Waals surface area contributed by atoms with Gasteiger partial charge in [-0.1, -0.05) is 32.3 Å². The summed E-state index contributed by atoms with van der Waals surface area (Å²) in [5.41, 5.74) is -1.08. The molecule has 0 unspecified atom stereocenters. The van der Waals surface area contributed by atoms with Crippen molar-refractivity contribution in [1.29, 1.82) is 0 Å². The van der Waals surface area contributed by atoms with Gasteiger partial charge < -0.3 is 10.1 Å². The minimum absolute atomic E-state index is 0.160. The van der Waals surface area contributed by atoms with E-state index in [1.54, 1.807) is 0 Å². The van der Waals surface area contributed by atoms with Crippen molar-refractivity contribution in [3.63, 3.8) is 0 Å². The predicted octanol–water partition coefficient (Wildman–Crippen LogP) is 3.95. The Morgan fingerprint density at radius 2 is 1.92 bits per heavy atom. The van der Waals surface area contributed by atoms with E-state index >= 15 is 0 Å². The molecule has 24 heavy (non-hydrogen) atoms. The Morgan fingerprint density at radius 3 is 2.54 bits per heavy atom. The van der Waals surface area contributed by atoms with Crippen LogP contribution in [-0.2, 0) is 15.7 Å². The third-order valence-electron chi connectivity index (χ3n) is 3.40. The van der Waals surface area contributed by atoms with Gasteiger partial charge in [0.25, 0.3) is 5.91 Å². The molecule has 1 atom stereocenters. The Bertz CT molecular complexity index is 558. The summed E-state index contributed by atoms with van der Waals surface area (Å²) in [6.07, 6.45) is -0.710. The standard InChI is InChI=1S/C17H22F3NO3/c1-3-4-5-6-10-24-16(23)12(2)21-15(22)13-8-7-9-14(11-13)17(18,19)20/h7-9,11-12H,3-6,10H2,1-2H3,(H,21,22)/t12-/m0/s1. The number of benzene rings is 1. The van der Waals surface area contributed by atoms with E-state index in [2.05, 4.69) is 12.2 Å². The Labute approximate surface area is 139 Å². The van der Waals surface area contributed by atoms with Gasteiger partial charge in [-0.3, -0.25) is 4.79 Å². The lowest BCUT2D eigenvalue weighted by molar-refractivity contribution is -0.145. The molecule has 0 aromatic heterocycles.